The van der Waals surface area contributed by atoms with Crippen LogP contribution in [-0.4, -0.2) is 46.7 Å². The van der Waals surface area contributed by atoms with Crippen LogP contribution in [0, 0.1) is 0 Å². The molecule has 0 fully saturated rings. The van der Waals surface area contributed by atoms with Crippen LogP contribution in [0.5, 0.6) is 0 Å². The molecule has 2 N–H and O–H groups in total. The summed E-state index contributed by atoms with van der Waals surface area (Å²) in [6.07, 6.45) is 1.12. The van der Waals surface area contributed by atoms with Gasteiger partial charge < -0.3 is 16.5 Å². The smallest absolute Gasteiger partial charge is 1.00 e. The second kappa shape index (κ2) is 15.3. The van der Waals surface area contributed by atoms with Gasteiger partial charge in [0, 0.05) is 12.2 Å². The van der Waals surface area contributed by atoms with Crippen molar-refractivity contribution < 1.29 is 72.6 Å². The molecule has 0 radical (unpaired) electrons. The van der Waals surface area contributed by atoms with Gasteiger partial charge in [-0.2, -0.15) is 0 Å². The Morgan fingerprint density at radius 2 is 1.25 bits per heavy atom. The first kappa shape index (κ1) is 21.5. The van der Waals surface area contributed by atoms with Gasteiger partial charge >= 0.3 is 63.3 Å². The average Bonchev–Trinajstić information content (AvgIpc) is 2.18. The van der Waals surface area contributed by atoms with Crippen LogP contribution in [0.4, 0.5) is 0 Å². The number of aliphatic carboxylic acids is 2. The topological polar surface area (TPSA) is 77.8 Å². The molecule has 0 bridgehead atoms. The van der Waals surface area contributed by atoms with E-state index in [0.717, 1.165) is 0 Å². The van der Waals surface area contributed by atoms with Crippen LogP contribution in [0.1, 0.15) is 22.2 Å². The van der Waals surface area contributed by atoms with E-state index in [4.69, 9.17) is 10.2 Å². The van der Waals surface area contributed by atoms with Crippen LogP contribution in [-0.2, 0) is 9.59 Å². The number of carboxylic acids is 2. The van der Waals surface area contributed by atoms with Crippen LogP contribution in [0.15, 0.2) is 12.2 Å². The summed E-state index contributed by atoms with van der Waals surface area (Å²) in [5, 5.41) is 15.6. The minimum atomic E-state index is -1.26. The summed E-state index contributed by atoms with van der Waals surface area (Å²) in [6.45, 7) is 10.1. The number of hydrogen-bond donors (Lipinski definition) is 2. The second-order valence-corrected chi connectivity index (χ2v) is 2.63. The van der Waals surface area contributed by atoms with Crippen LogP contribution in [0.3, 0.4) is 0 Å². The predicted octanol–water partition coefficient (Wildman–Crippen LogP) is -1.82. The van der Waals surface area contributed by atoms with Crippen LogP contribution in [0.25, 0.3) is 0 Å². The van der Waals surface area contributed by atoms with E-state index in [1.54, 1.807) is 0 Å². The third-order valence-electron chi connectivity index (χ3n) is 1.71. The van der Waals surface area contributed by atoms with Gasteiger partial charge in [-0.1, -0.05) is 20.8 Å². The van der Waals surface area contributed by atoms with Gasteiger partial charge in [-0.15, -0.1) is 0 Å². The van der Waals surface area contributed by atoms with Crippen molar-refractivity contribution in [2.24, 2.45) is 0 Å². The molecule has 6 heteroatoms. The van der Waals surface area contributed by atoms with E-state index in [1.165, 1.54) is 19.6 Å². The maximum absolute atomic E-state index is 9.55. The Kier molecular flexibility index (Phi) is 20.6. The Hall–Kier alpha value is 0.276. The zero-order valence-corrected chi connectivity index (χ0v) is 13.6. The van der Waals surface area contributed by atoms with Gasteiger partial charge in [-0.3, -0.25) is 0 Å². The molecule has 0 amide bonds. The van der Waals surface area contributed by atoms with Crippen molar-refractivity contribution >= 4 is 11.9 Å². The largest absolute Gasteiger partial charge is 1.00 e. The van der Waals surface area contributed by atoms with Crippen LogP contribution >= 0.6 is 0 Å². The van der Waals surface area contributed by atoms with Gasteiger partial charge in [0.25, 0.3) is 0 Å². The van der Waals surface area contributed by atoms with Gasteiger partial charge in [0.2, 0.25) is 0 Å². The summed E-state index contributed by atoms with van der Waals surface area (Å²) in [5.74, 6) is -2.51. The van der Waals surface area contributed by atoms with Gasteiger partial charge in [0.15, 0.2) is 0 Å². The molecule has 0 rings (SSSR count). The van der Waals surface area contributed by atoms with Gasteiger partial charge in [-0.05, 0) is 19.6 Å². The summed E-state index contributed by atoms with van der Waals surface area (Å²) in [5.41, 5.74) is 0. The molecule has 0 atom stereocenters. The fourth-order valence-corrected chi connectivity index (χ4v) is 0.813. The molecule has 0 aliphatic heterocycles. The molecule has 0 aliphatic rings. The molecular formula is C10H20KNO4. The summed E-state index contributed by atoms with van der Waals surface area (Å²) in [7, 11) is 0. The van der Waals surface area contributed by atoms with E-state index >= 15 is 0 Å². The van der Waals surface area contributed by atoms with Crippen molar-refractivity contribution in [1.29, 1.82) is 0 Å². The summed E-state index contributed by atoms with van der Waals surface area (Å²) in [4.78, 5) is 21.5. The summed E-state index contributed by atoms with van der Waals surface area (Å²) in [6, 6.07) is 0. The molecular weight excluding hydrogens is 237 g/mol. The monoisotopic (exact) mass is 257 g/mol. The van der Waals surface area contributed by atoms with Crippen molar-refractivity contribution in [2.75, 3.05) is 19.6 Å². The maximum Gasteiger partial charge on any atom is 1.00 e. The molecule has 0 unspecified atom stereocenters. The Morgan fingerprint density at radius 1 is 1.00 bits per heavy atom. The second-order valence-electron chi connectivity index (χ2n) is 2.63. The predicted molar refractivity (Wildman–Crippen MR) is 59.0 cm³/mol. The summed E-state index contributed by atoms with van der Waals surface area (Å²) < 4.78 is 0. The van der Waals surface area contributed by atoms with Crippen molar-refractivity contribution in [3.05, 3.63) is 12.2 Å². The SMILES string of the molecule is CCN(CC)CC.O=C(O)/C=C/C(=O)O.[H-].[K+]. The van der Waals surface area contributed by atoms with Crippen molar-refractivity contribution in [3.63, 3.8) is 0 Å². The fourth-order valence-electron chi connectivity index (χ4n) is 0.813. The molecule has 0 aromatic rings. The molecule has 5 nitrogen and oxygen atoms in total. The molecule has 90 valence electrons. The molecule has 0 aliphatic carbocycles. The third kappa shape index (κ3) is 19.8. The van der Waals surface area contributed by atoms with Crippen molar-refractivity contribution in [2.45, 2.75) is 20.8 Å². The molecule has 0 saturated carbocycles. The van der Waals surface area contributed by atoms with E-state index in [2.05, 4.69) is 25.7 Å². The van der Waals surface area contributed by atoms with Gasteiger partial charge in [0.1, 0.15) is 0 Å². The number of carbonyl (C=O) groups is 2. The molecule has 16 heavy (non-hydrogen) atoms. The Bertz CT molecular complexity index is 199. The van der Waals surface area contributed by atoms with E-state index in [9.17, 15) is 9.59 Å². The number of rotatable bonds is 5. The van der Waals surface area contributed by atoms with E-state index in [1.807, 2.05) is 0 Å². The first-order valence-corrected chi connectivity index (χ1v) is 4.84. The standard InChI is InChI=1S/C6H15N.C4H4O4.K.H/c1-4-7(5-2)6-3;5-3(6)1-2-4(7)8;;/h4-6H2,1-3H3;1-2H,(H,5,6)(H,7,8);;/q;;+1;-1/b;2-1+;;. The van der Waals surface area contributed by atoms with E-state index < -0.39 is 11.9 Å². The Morgan fingerprint density at radius 3 is 1.31 bits per heavy atom. The molecule has 0 heterocycles. The number of nitrogens with zero attached hydrogens (tertiary/aromatic N) is 1. The minimum absolute atomic E-state index is 0. The molecule has 0 aromatic carbocycles. The zero-order valence-electron chi connectivity index (χ0n) is 11.4. The van der Waals surface area contributed by atoms with Crippen LogP contribution in [0.2, 0.25) is 0 Å². The number of carboxylic acid groups (broad SMARTS) is 2. The third-order valence-corrected chi connectivity index (χ3v) is 1.71. The maximum atomic E-state index is 9.55. The normalized spacial score (nSPS) is 9.25. The Labute approximate surface area is 140 Å². The minimum Gasteiger partial charge on any atom is -1.00 e. The number of hydrogen-bond acceptors (Lipinski definition) is 3. The average molecular weight is 257 g/mol. The van der Waals surface area contributed by atoms with Crippen LogP contribution < -0.4 is 51.4 Å². The Balaban J connectivity index is -0.0000000896. The first-order chi connectivity index (χ1) is 6.97. The first-order valence-electron chi connectivity index (χ1n) is 4.84. The zero-order chi connectivity index (χ0) is 12.3. The van der Waals surface area contributed by atoms with Gasteiger partial charge in [0.05, 0.1) is 0 Å². The fraction of sp³-hybridized carbons (Fsp3) is 0.600. The van der Waals surface area contributed by atoms with Gasteiger partial charge in [-0.25, -0.2) is 9.59 Å². The van der Waals surface area contributed by atoms with Crippen molar-refractivity contribution in [1.82, 2.24) is 4.90 Å². The molecule has 0 spiro atoms. The van der Waals surface area contributed by atoms with E-state index in [-0.39, 0.29) is 52.8 Å². The van der Waals surface area contributed by atoms with Crippen molar-refractivity contribution in [3.8, 4) is 0 Å². The molecule has 0 aromatic heterocycles. The van der Waals surface area contributed by atoms with E-state index in [0.29, 0.717) is 12.2 Å². The summed E-state index contributed by atoms with van der Waals surface area (Å²) >= 11 is 0. The quantitative estimate of drug-likeness (QED) is 0.448. The molecule has 0 saturated heterocycles.